The average Bonchev–Trinajstić information content (AvgIpc) is 2.85. The second kappa shape index (κ2) is 2.36. The maximum absolute atomic E-state index is 2.60. The van der Waals surface area contributed by atoms with Crippen LogP contribution >= 0.6 is 0 Å². The molecule has 0 saturated heterocycles. The van der Waals surface area contributed by atoms with Gasteiger partial charge in [0, 0.05) is 0 Å². The SMILES string of the molecule is CC1C2C=CC1C1C2C2CC(C)C1(C)C2. The summed E-state index contributed by atoms with van der Waals surface area (Å²) in [5, 5.41) is 0. The van der Waals surface area contributed by atoms with Gasteiger partial charge in [0.15, 0.2) is 0 Å². The molecule has 0 N–H and O–H groups in total. The van der Waals surface area contributed by atoms with Crippen LogP contribution in [0.1, 0.15) is 33.6 Å². The minimum atomic E-state index is 0.702. The first kappa shape index (κ1) is 8.84. The summed E-state index contributed by atoms with van der Waals surface area (Å²) in [4.78, 5) is 0. The van der Waals surface area contributed by atoms with Gasteiger partial charge < -0.3 is 0 Å². The lowest BCUT2D eigenvalue weighted by molar-refractivity contribution is 0.0778. The van der Waals surface area contributed by atoms with E-state index in [1.807, 2.05) is 0 Å². The van der Waals surface area contributed by atoms with E-state index >= 15 is 0 Å². The van der Waals surface area contributed by atoms with Gasteiger partial charge in [-0.15, -0.1) is 0 Å². The minimum Gasteiger partial charge on any atom is -0.0845 e. The molecular formula is C15H22. The van der Waals surface area contributed by atoms with Crippen molar-refractivity contribution in [1.29, 1.82) is 0 Å². The molecule has 0 aromatic carbocycles. The molecule has 4 aliphatic rings. The van der Waals surface area contributed by atoms with Crippen LogP contribution in [0.25, 0.3) is 0 Å². The Balaban J connectivity index is 1.83. The predicted molar refractivity (Wildman–Crippen MR) is 62.3 cm³/mol. The number of allylic oxidation sites excluding steroid dienone is 2. The first-order valence-corrected chi connectivity index (χ1v) is 6.81. The van der Waals surface area contributed by atoms with E-state index in [1.54, 1.807) is 6.42 Å². The van der Waals surface area contributed by atoms with Gasteiger partial charge in [0.25, 0.3) is 0 Å². The summed E-state index contributed by atoms with van der Waals surface area (Å²) in [5.41, 5.74) is 0.702. The Bertz CT molecular complexity index is 342. The maximum atomic E-state index is 2.60. The lowest BCUT2D eigenvalue weighted by Crippen LogP contribution is -2.36. The van der Waals surface area contributed by atoms with Crippen LogP contribution in [0.4, 0.5) is 0 Å². The van der Waals surface area contributed by atoms with E-state index in [1.165, 1.54) is 6.42 Å². The summed E-state index contributed by atoms with van der Waals surface area (Å²) in [7, 11) is 0. The largest absolute Gasteiger partial charge is 0.0845 e. The van der Waals surface area contributed by atoms with Crippen molar-refractivity contribution in [3.63, 3.8) is 0 Å². The molecule has 0 heterocycles. The van der Waals surface area contributed by atoms with Gasteiger partial charge in [0.1, 0.15) is 0 Å². The topological polar surface area (TPSA) is 0 Å². The maximum Gasteiger partial charge on any atom is -0.0165 e. The highest BCUT2D eigenvalue weighted by molar-refractivity contribution is 5.25. The molecule has 4 aliphatic carbocycles. The van der Waals surface area contributed by atoms with Crippen molar-refractivity contribution in [2.24, 2.45) is 46.8 Å². The minimum absolute atomic E-state index is 0.702. The third-order valence-electron chi connectivity index (χ3n) is 6.83. The molecule has 0 heteroatoms. The van der Waals surface area contributed by atoms with Crippen molar-refractivity contribution in [1.82, 2.24) is 0 Å². The van der Waals surface area contributed by atoms with E-state index in [4.69, 9.17) is 0 Å². The fourth-order valence-electron chi connectivity index (χ4n) is 6.10. The first-order chi connectivity index (χ1) is 7.13. The van der Waals surface area contributed by atoms with Crippen LogP contribution in [0.3, 0.4) is 0 Å². The van der Waals surface area contributed by atoms with Gasteiger partial charge in [-0.1, -0.05) is 32.9 Å². The van der Waals surface area contributed by atoms with Crippen LogP contribution in [0, 0.1) is 46.8 Å². The van der Waals surface area contributed by atoms with Gasteiger partial charge in [-0.3, -0.25) is 0 Å². The van der Waals surface area contributed by atoms with Gasteiger partial charge in [0.2, 0.25) is 0 Å². The zero-order valence-corrected chi connectivity index (χ0v) is 10.1. The molecule has 0 spiro atoms. The number of rotatable bonds is 0. The molecule has 82 valence electrons. The summed E-state index contributed by atoms with van der Waals surface area (Å²) in [6.45, 7) is 7.61. The summed E-state index contributed by atoms with van der Waals surface area (Å²) in [5.74, 6) is 7.07. The van der Waals surface area contributed by atoms with Crippen LogP contribution in [0.15, 0.2) is 12.2 Å². The van der Waals surface area contributed by atoms with Crippen LogP contribution in [-0.4, -0.2) is 0 Å². The molecule has 0 amide bonds. The van der Waals surface area contributed by atoms with E-state index in [2.05, 4.69) is 32.9 Å². The fourth-order valence-corrected chi connectivity index (χ4v) is 6.10. The fraction of sp³-hybridized carbons (Fsp3) is 0.867. The standard InChI is InChI=1S/C15H22/c1-8-6-10-7-15(8,3)14-12-5-4-11(9(12)2)13(10)14/h4-5,8-14H,6-7H2,1-3H3. The van der Waals surface area contributed by atoms with Gasteiger partial charge >= 0.3 is 0 Å². The van der Waals surface area contributed by atoms with Crippen LogP contribution < -0.4 is 0 Å². The Kier molecular flexibility index (Phi) is 1.39. The molecule has 0 radical (unpaired) electrons. The normalized spacial score (nSPS) is 69.1. The summed E-state index contributed by atoms with van der Waals surface area (Å²) >= 11 is 0. The Morgan fingerprint density at radius 1 is 1.13 bits per heavy atom. The number of hydrogen-bond acceptors (Lipinski definition) is 0. The second-order valence-corrected chi connectivity index (χ2v) is 7.11. The van der Waals surface area contributed by atoms with Gasteiger partial charge in [-0.2, -0.15) is 0 Å². The van der Waals surface area contributed by atoms with Crippen molar-refractivity contribution >= 4 is 0 Å². The van der Waals surface area contributed by atoms with Gasteiger partial charge in [-0.25, -0.2) is 0 Å². The smallest absolute Gasteiger partial charge is 0.0165 e. The first-order valence-electron chi connectivity index (χ1n) is 6.81. The molecule has 4 bridgehead atoms. The quantitative estimate of drug-likeness (QED) is 0.415. The molecule has 4 rings (SSSR count). The zero-order valence-electron chi connectivity index (χ0n) is 10.1. The van der Waals surface area contributed by atoms with E-state index in [0.29, 0.717) is 5.41 Å². The molecule has 0 aliphatic heterocycles. The number of fused-ring (bicyclic) bond motifs is 9. The Labute approximate surface area is 93.1 Å². The van der Waals surface area contributed by atoms with E-state index in [-0.39, 0.29) is 0 Å². The van der Waals surface area contributed by atoms with Crippen LogP contribution in [-0.2, 0) is 0 Å². The zero-order chi connectivity index (χ0) is 10.4. The molecule has 3 saturated carbocycles. The highest BCUT2D eigenvalue weighted by Gasteiger charge is 2.67. The van der Waals surface area contributed by atoms with E-state index < -0.39 is 0 Å². The highest BCUT2D eigenvalue weighted by atomic mass is 14.7. The van der Waals surface area contributed by atoms with E-state index in [0.717, 1.165) is 41.4 Å². The third-order valence-corrected chi connectivity index (χ3v) is 6.83. The van der Waals surface area contributed by atoms with Crippen molar-refractivity contribution in [2.45, 2.75) is 33.6 Å². The molecular weight excluding hydrogens is 180 g/mol. The third kappa shape index (κ3) is 0.765. The summed E-state index contributed by atoms with van der Waals surface area (Å²) in [6.07, 6.45) is 8.20. The molecule has 0 aromatic heterocycles. The average molecular weight is 202 g/mol. The van der Waals surface area contributed by atoms with Crippen molar-refractivity contribution < 1.29 is 0 Å². The lowest BCUT2D eigenvalue weighted by Gasteiger charge is -2.42. The summed E-state index contributed by atoms with van der Waals surface area (Å²) in [6, 6.07) is 0. The van der Waals surface area contributed by atoms with Crippen molar-refractivity contribution in [2.75, 3.05) is 0 Å². The van der Waals surface area contributed by atoms with Gasteiger partial charge in [-0.05, 0) is 59.7 Å². The monoisotopic (exact) mass is 202 g/mol. The molecule has 8 unspecified atom stereocenters. The summed E-state index contributed by atoms with van der Waals surface area (Å²) < 4.78 is 0. The molecule has 0 nitrogen and oxygen atoms in total. The Morgan fingerprint density at radius 2 is 1.87 bits per heavy atom. The molecule has 8 atom stereocenters. The van der Waals surface area contributed by atoms with Crippen LogP contribution in [0.5, 0.6) is 0 Å². The molecule has 0 aromatic rings. The molecule has 15 heavy (non-hydrogen) atoms. The second-order valence-electron chi connectivity index (χ2n) is 7.11. The lowest BCUT2D eigenvalue weighted by atomic mass is 9.62. The van der Waals surface area contributed by atoms with Crippen molar-refractivity contribution in [3.8, 4) is 0 Å². The Morgan fingerprint density at radius 3 is 2.67 bits per heavy atom. The van der Waals surface area contributed by atoms with Gasteiger partial charge in [0.05, 0.1) is 0 Å². The van der Waals surface area contributed by atoms with Crippen LogP contribution in [0.2, 0.25) is 0 Å². The molecule has 3 fully saturated rings. The predicted octanol–water partition coefficient (Wildman–Crippen LogP) is 3.74. The van der Waals surface area contributed by atoms with Crippen molar-refractivity contribution in [3.05, 3.63) is 12.2 Å². The number of hydrogen-bond donors (Lipinski definition) is 0. The Hall–Kier alpha value is -0.260. The van der Waals surface area contributed by atoms with E-state index in [9.17, 15) is 0 Å². The highest BCUT2D eigenvalue weighted by Crippen LogP contribution is 2.73.